The van der Waals surface area contributed by atoms with Crippen molar-refractivity contribution in [2.24, 2.45) is 0 Å². The van der Waals surface area contributed by atoms with E-state index < -0.39 is 11.1 Å². The number of Topliss-reactive ketones (excluding diaryl/α,β-unsaturated/α-hetero) is 1. The van der Waals surface area contributed by atoms with Crippen molar-refractivity contribution in [1.82, 2.24) is 14.8 Å². The number of fused-ring (bicyclic) bond motifs is 1. The Hall–Kier alpha value is -3.69. The molecule has 2 aromatic carbocycles. The lowest BCUT2D eigenvalue weighted by atomic mass is 10.1. The number of nitrogens with one attached hydrogen (secondary N) is 1. The van der Waals surface area contributed by atoms with E-state index in [2.05, 4.69) is 5.32 Å². The average molecular weight is 520 g/mol. The summed E-state index contributed by atoms with van der Waals surface area (Å²) in [5.74, 6) is -0.950. The second-order valence-electron chi connectivity index (χ2n) is 8.78. The lowest BCUT2D eigenvalue weighted by Crippen LogP contribution is -2.33. The zero-order valence-corrected chi connectivity index (χ0v) is 21.9. The summed E-state index contributed by atoms with van der Waals surface area (Å²) in [6, 6.07) is 12.9. The zero-order valence-electron chi connectivity index (χ0n) is 21.1. The van der Waals surface area contributed by atoms with E-state index in [1.54, 1.807) is 25.3 Å². The lowest BCUT2D eigenvalue weighted by Gasteiger charge is -2.11. The number of methoxy groups -OCH3 is 1. The highest BCUT2D eigenvalue weighted by Crippen LogP contribution is 2.35. The number of ether oxygens (including phenoxy) is 1. The van der Waals surface area contributed by atoms with E-state index in [-0.39, 0.29) is 29.7 Å². The smallest absolute Gasteiger partial charge is 0.293 e. The average Bonchev–Trinajstić information content (AvgIpc) is 3.36. The van der Waals surface area contributed by atoms with Crippen molar-refractivity contribution in [3.05, 3.63) is 75.8 Å². The van der Waals surface area contributed by atoms with Gasteiger partial charge in [-0.1, -0.05) is 55.0 Å². The van der Waals surface area contributed by atoms with Crippen LogP contribution >= 0.6 is 11.8 Å². The Labute approximate surface area is 219 Å². The first-order valence-electron chi connectivity index (χ1n) is 12.0. The Bertz CT molecular complexity index is 1390. The summed E-state index contributed by atoms with van der Waals surface area (Å²) in [4.78, 5) is 52.2. The molecule has 0 saturated carbocycles. The number of aromatic nitrogens is 1. The standard InChI is InChI=1S/C28H29N3O5S/c1-4-19-6-5-7-22-21(15-30(26(19)22)17-25(33)29-12-13-36-3)14-24-27(34)31(28(35)37-24)16-23(32)20-10-8-18(2)9-11-20/h5-11,14-15H,4,12-13,16-17H2,1-3H3,(H,29,33)/b24-14-. The second kappa shape index (κ2) is 11.6. The van der Waals surface area contributed by atoms with Gasteiger partial charge in [0.05, 0.1) is 23.6 Å². The van der Waals surface area contributed by atoms with Crippen LogP contribution in [0.5, 0.6) is 0 Å². The maximum atomic E-state index is 13.1. The predicted octanol–water partition coefficient (Wildman–Crippen LogP) is 4.19. The van der Waals surface area contributed by atoms with Crippen LogP contribution in [0.15, 0.2) is 53.6 Å². The van der Waals surface area contributed by atoms with Crippen LogP contribution in [0.2, 0.25) is 0 Å². The number of rotatable bonds is 10. The van der Waals surface area contributed by atoms with Crippen LogP contribution in [0.25, 0.3) is 17.0 Å². The minimum Gasteiger partial charge on any atom is -0.383 e. The number of carbonyl (C=O) groups excluding carboxylic acids is 4. The second-order valence-corrected chi connectivity index (χ2v) is 9.77. The van der Waals surface area contributed by atoms with Crippen molar-refractivity contribution in [3.63, 3.8) is 0 Å². The fraction of sp³-hybridized carbons (Fsp3) is 0.286. The van der Waals surface area contributed by atoms with Crippen LogP contribution in [0, 0.1) is 6.92 Å². The molecule has 0 spiro atoms. The first-order valence-corrected chi connectivity index (χ1v) is 12.9. The molecule has 1 fully saturated rings. The van der Waals surface area contributed by atoms with Crippen LogP contribution in [0.1, 0.15) is 34.0 Å². The van der Waals surface area contributed by atoms with Gasteiger partial charge in [0.25, 0.3) is 11.1 Å². The molecule has 8 nitrogen and oxygen atoms in total. The molecule has 2 heterocycles. The van der Waals surface area contributed by atoms with Crippen molar-refractivity contribution in [1.29, 1.82) is 0 Å². The third kappa shape index (κ3) is 5.84. The molecule has 0 bridgehead atoms. The van der Waals surface area contributed by atoms with Crippen molar-refractivity contribution < 1.29 is 23.9 Å². The molecule has 3 aromatic rings. The van der Waals surface area contributed by atoms with Gasteiger partial charge in [0.15, 0.2) is 5.78 Å². The SMILES string of the molecule is CCc1cccc2c(/C=C3\SC(=O)N(CC(=O)c4ccc(C)cc4)C3=O)cn(CC(=O)NCCOC)c12. The summed E-state index contributed by atoms with van der Waals surface area (Å²) < 4.78 is 6.86. The third-order valence-corrected chi connectivity index (χ3v) is 7.08. The molecular weight excluding hydrogens is 490 g/mol. The van der Waals surface area contributed by atoms with Gasteiger partial charge in [-0.3, -0.25) is 24.1 Å². The van der Waals surface area contributed by atoms with Crippen LogP contribution < -0.4 is 5.32 Å². The van der Waals surface area contributed by atoms with E-state index in [9.17, 15) is 19.2 Å². The Kier molecular flexibility index (Phi) is 8.25. The molecule has 0 atom stereocenters. The van der Waals surface area contributed by atoms with E-state index in [4.69, 9.17) is 4.74 Å². The number of imide groups is 1. The first kappa shape index (κ1) is 26.4. The Morgan fingerprint density at radius 1 is 1.08 bits per heavy atom. The molecule has 9 heteroatoms. The number of hydrogen-bond acceptors (Lipinski definition) is 6. The van der Waals surface area contributed by atoms with Crippen LogP contribution in [0.3, 0.4) is 0 Å². The minimum absolute atomic E-state index is 0.109. The maximum absolute atomic E-state index is 13.1. The van der Waals surface area contributed by atoms with E-state index in [0.717, 1.165) is 50.7 Å². The summed E-state index contributed by atoms with van der Waals surface area (Å²) in [6.07, 6.45) is 4.26. The molecule has 1 aliphatic heterocycles. The number of carbonyl (C=O) groups is 4. The fourth-order valence-electron chi connectivity index (χ4n) is 4.25. The molecule has 3 amide bonds. The lowest BCUT2D eigenvalue weighted by molar-refractivity contribution is -0.123. The highest BCUT2D eigenvalue weighted by molar-refractivity contribution is 8.18. The molecule has 0 radical (unpaired) electrons. The predicted molar refractivity (Wildman–Crippen MR) is 144 cm³/mol. The number of thioether (sulfide) groups is 1. The van der Waals surface area contributed by atoms with Crippen molar-refractivity contribution in [3.8, 4) is 0 Å². The van der Waals surface area contributed by atoms with E-state index in [0.29, 0.717) is 18.7 Å². The van der Waals surface area contributed by atoms with Crippen molar-refractivity contribution >= 4 is 51.6 Å². The maximum Gasteiger partial charge on any atom is 0.293 e. The monoisotopic (exact) mass is 519 g/mol. The van der Waals surface area contributed by atoms with Gasteiger partial charge in [0, 0.05) is 36.4 Å². The molecule has 1 saturated heterocycles. The van der Waals surface area contributed by atoms with Crippen LogP contribution in [0.4, 0.5) is 4.79 Å². The molecule has 0 unspecified atom stereocenters. The van der Waals surface area contributed by atoms with Gasteiger partial charge in [-0.2, -0.15) is 0 Å². The quantitative estimate of drug-likeness (QED) is 0.245. The van der Waals surface area contributed by atoms with Crippen LogP contribution in [-0.4, -0.2) is 59.1 Å². The third-order valence-electron chi connectivity index (χ3n) is 6.17. The number of benzene rings is 2. The van der Waals surface area contributed by atoms with E-state index >= 15 is 0 Å². The number of hydrogen-bond donors (Lipinski definition) is 1. The highest BCUT2D eigenvalue weighted by atomic mass is 32.2. The van der Waals surface area contributed by atoms with Crippen molar-refractivity contribution in [2.75, 3.05) is 26.8 Å². The Morgan fingerprint density at radius 3 is 2.54 bits per heavy atom. The minimum atomic E-state index is -0.500. The highest BCUT2D eigenvalue weighted by Gasteiger charge is 2.36. The molecule has 0 aliphatic carbocycles. The fourth-order valence-corrected chi connectivity index (χ4v) is 5.07. The van der Waals surface area contributed by atoms with Crippen LogP contribution in [-0.2, 0) is 27.3 Å². The molecule has 4 rings (SSSR count). The zero-order chi connectivity index (χ0) is 26.5. The summed E-state index contributed by atoms with van der Waals surface area (Å²) in [5, 5.41) is 3.23. The largest absolute Gasteiger partial charge is 0.383 e. The molecule has 1 aromatic heterocycles. The molecule has 192 valence electrons. The molecular formula is C28H29N3O5S. The summed E-state index contributed by atoms with van der Waals surface area (Å²) >= 11 is 0.815. The molecule has 1 aliphatic rings. The normalized spacial score (nSPS) is 14.7. The number of ketones is 1. The van der Waals surface area contributed by atoms with Gasteiger partial charge in [-0.05, 0) is 36.7 Å². The van der Waals surface area contributed by atoms with E-state index in [1.807, 2.05) is 54.9 Å². The van der Waals surface area contributed by atoms with Gasteiger partial charge >= 0.3 is 0 Å². The summed E-state index contributed by atoms with van der Waals surface area (Å²) in [5.41, 5.74) is 4.17. The Balaban J connectivity index is 1.60. The summed E-state index contributed by atoms with van der Waals surface area (Å²) in [7, 11) is 1.57. The molecule has 37 heavy (non-hydrogen) atoms. The number of nitrogens with zero attached hydrogens (tertiary/aromatic N) is 2. The number of para-hydroxylation sites is 1. The first-order chi connectivity index (χ1) is 17.8. The Morgan fingerprint density at radius 2 is 1.84 bits per heavy atom. The van der Waals surface area contributed by atoms with Gasteiger partial charge in [0.1, 0.15) is 6.54 Å². The van der Waals surface area contributed by atoms with Gasteiger partial charge in [0.2, 0.25) is 5.91 Å². The number of amides is 3. The van der Waals surface area contributed by atoms with Gasteiger partial charge in [-0.15, -0.1) is 0 Å². The van der Waals surface area contributed by atoms with Gasteiger partial charge in [-0.25, -0.2) is 0 Å². The van der Waals surface area contributed by atoms with Gasteiger partial charge < -0.3 is 14.6 Å². The van der Waals surface area contributed by atoms with E-state index in [1.165, 1.54) is 0 Å². The topological polar surface area (TPSA) is 97.7 Å². The van der Waals surface area contributed by atoms with Crippen molar-refractivity contribution in [2.45, 2.75) is 26.8 Å². The number of aryl methyl sites for hydroxylation is 2. The molecule has 1 N–H and O–H groups in total. The summed E-state index contributed by atoms with van der Waals surface area (Å²) in [6.45, 7) is 4.60.